The molecule has 1 amide bonds. The average molecular weight is 437 g/mol. The number of sulfonamides is 1. The molecule has 0 bridgehead atoms. The normalized spacial score (nSPS) is 14.4. The first kappa shape index (κ1) is 19.1. The van der Waals surface area contributed by atoms with Crippen LogP contribution in [0.1, 0.15) is 24.5 Å². The van der Waals surface area contributed by atoms with Crippen LogP contribution in [-0.2, 0) is 27.8 Å². The Morgan fingerprint density at radius 1 is 1.19 bits per heavy atom. The Bertz CT molecular complexity index is 926. The molecule has 1 aliphatic rings. The van der Waals surface area contributed by atoms with Crippen molar-refractivity contribution in [2.24, 2.45) is 0 Å². The number of hydrogen-bond acceptors (Lipinski definition) is 3. The lowest BCUT2D eigenvalue weighted by Crippen LogP contribution is -2.34. The number of fused-ring (bicyclic) bond motifs is 1. The van der Waals surface area contributed by atoms with Crippen molar-refractivity contribution in [3.8, 4) is 0 Å². The summed E-state index contributed by atoms with van der Waals surface area (Å²) in [6.07, 6.45) is 1.61. The van der Waals surface area contributed by atoms with Gasteiger partial charge < -0.3 is 4.90 Å². The van der Waals surface area contributed by atoms with Gasteiger partial charge in [0.1, 0.15) is 0 Å². The van der Waals surface area contributed by atoms with Crippen LogP contribution in [0, 0.1) is 0 Å². The summed E-state index contributed by atoms with van der Waals surface area (Å²) >= 11 is 3.38. The van der Waals surface area contributed by atoms with E-state index in [0.29, 0.717) is 13.1 Å². The van der Waals surface area contributed by atoms with Crippen molar-refractivity contribution < 1.29 is 13.2 Å². The highest BCUT2D eigenvalue weighted by molar-refractivity contribution is 9.10. The molecule has 2 aromatic carbocycles. The molecule has 0 N–H and O–H groups in total. The fourth-order valence-corrected chi connectivity index (χ4v) is 4.65. The first-order valence-electron chi connectivity index (χ1n) is 8.41. The minimum Gasteiger partial charge on any atom is -0.312 e. The van der Waals surface area contributed by atoms with Crippen LogP contribution >= 0.6 is 15.9 Å². The number of nitrogens with zero attached hydrogens (tertiary/aromatic N) is 2. The van der Waals surface area contributed by atoms with Gasteiger partial charge in [-0.25, -0.2) is 8.42 Å². The van der Waals surface area contributed by atoms with E-state index in [1.54, 1.807) is 30.1 Å². The van der Waals surface area contributed by atoms with E-state index < -0.39 is 10.0 Å². The fourth-order valence-electron chi connectivity index (χ4n) is 3.17. The van der Waals surface area contributed by atoms with E-state index in [2.05, 4.69) is 15.9 Å². The molecule has 7 heteroatoms. The second kappa shape index (κ2) is 7.50. The highest BCUT2D eigenvalue weighted by Gasteiger charge is 2.25. The van der Waals surface area contributed by atoms with E-state index in [9.17, 15) is 13.2 Å². The third kappa shape index (κ3) is 3.84. The SMILES string of the molecule is CC(=O)N1CCCc2cc(S(=O)(=O)N(C)Cc3ccc(Br)cc3)ccc21. The number of amides is 1. The maximum absolute atomic E-state index is 12.9. The second-order valence-corrected chi connectivity index (χ2v) is 9.41. The Hall–Kier alpha value is -1.70. The van der Waals surface area contributed by atoms with Gasteiger partial charge in [-0.1, -0.05) is 28.1 Å². The molecular formula is C19H21BrN2O3S. The minimum atomic E-state index is -3.60. The van der Waals surface area contributed by atoms with Gasteiger partial charge in [0.25, 0.3) is 0 Å². The Balaban J connectivity index is 1.87. The molecule has 3 rings (SSSR count). The molecule has 26 heavy (non-hydrogen) atoms. The van der Waals surface area contributed by atoms with E-state index in [4.69, 9.17) is 0 Å². The van der Waals surface area contributed by atoms with Gasteiger partial charge in [0, 0.05) is 37.2 Å². The molecule has 0 aromatic heterocycles. The van der Waals surface area contributed by atoms with Crippen molar-refractivity contribution in [1.82, 2.24) is 4.31 Å². The zero-order valence-corrected chi connectivity index (χ0v) is 17.2. The molecule has 0 fully saturated rings. The first-order valence-corrected chi connectivity index (χ1v) is 10.6. The predicted octanol–water partition coefficient (Wildman–Crippen LogP) is 3.57. The summed E-state index contributed by atoms with van der Waals surface area (Å²) in [4.78, 5) is 13.7. The first-order chi connectivity index (χ1) is 12.3. The Morgan fingerprint density at radius 2 is 1.88 bits per heavy atom. The molecule has 5 nitrogen and oxygen atoms in total. The van der Waals surface area contributed by atoms with Gasteiger partial charge in [-0.3, -0.25) is 4.79 Å². The summed E-state index contributed by atoms with van der Waals surface area (Å²) in [7, 11) is -2.02. The Morgan fingerprint density at radius 3 is 2.54 bits per heavy atom. The van der Waals surface area contributed by atoms with E-state index in [1.807, 2.05) is 24.3 Å². The van der Waals surface area contributed by atoms with Gasteiger partial charge in [0.05, 0.1) is 4.90 Å². The molecular weight excluding hydrogens is 416 g/mol. The molecule has 0 atom stereocenters. The maximum Gasteiger partial charge on any atom is 0.243 e. The van der Waals surface area contributed by atoms with Crippen molar-refractivity contribution in [3.05, 3.63) is 58.1 Å². The van der Waals surface area contributed by atoms with Crippen molar-refractivity contribution in [3.63, 3.8) is 0 Å². The van der Waals surface area contributed by atoms with Crippen molar-refractivity contribution in [2.45, 2.75) is 31.2 Å². The highest BCUT2D eigenvalue weighted by Crippen LogP contribution is 2.30. The van der Waals surface area contributed by atoms with Crippen LogP contribution in [0.2, 0.25) is 0 Å². The van der Waals surface area contributed by atoms with E-state index >= 15 is 0 Å². The largest absolute Gasteiger partial charge is 0.312 e. The number of carbonyl (C=O) groups is 1. The van der Waals surface area contributed by atoms with E-state index in [0.717, 1.165) is 34.1 Å². The summed E-state index contributed by atoms with van der Waals surface area (Å²) in [6, 6.07) is 12.6. The molecule has 0 saturated carbocycles. The van der Waals surface area contributed by atoms with Crippen LogP contribution in [-0.4, -0.2) is 32.2 Å². The van der Waals surface area contributed by atoms with Gasteiger partial charge in [0.2, 0.25) is 15.9 Å². The zero-order chi connectivity index (χ0) is 18.9. The minimum absolute atomic E-state index is 0.0195. The van der Waals surface area contributed by atoms with Crippen molar-refractivity contribution in [1.29, 1.82) is 0 Å². The fraction of sp³-hybridized carbons (Fsp3) is 0.316. The predicted molar refractivity (Wildman–Crippen MR) is 106 cm³/mol. The quantitative estimate of drug-likeness (QED) is 0.735. The number of rotatable bonds is 4. The molecule has 0 aliphatic carbocycles. The second-order valence-electron chi connectivity index (χ2n) is 6.45. The number of halogens is 1. The Kier molecular flexibility index (Phi) is 5.50. The summed E-state index contributed by atoms with van der Waals surface area (Å²) in [6.45, 7) is 2.51. The monoisotopic (exact) mass is 436 g/mol. The smallest absolute Gasteiger partial charge is 0.243 e. The summed E-state index contributed by atoms with van der Waals surface area (Å²) in [5.41, 5.74) is 2.64. The molecule has 1 aliphatic heterocycles. The lowest BCUT2D eigenvalue weighted by Gasteiger charge is -2.29. The number of hydrogen-bond donors (Lipinski definition) is 0. The van der Waals surface area contributed by atoms with Gasteiger partial charge >= 0.3 is 0 Å². The third-order valence-electron chi connectivity index (χ3n) is 4.58. The average Bonchev–Trinajstić information content (AvgIpc) is 2.62. The van der Waals surface area contributed by atoms with Crippen LogP contribution in [0.5, 0.6) is 0 Å². The molecule has 0 spiro atoms. The van der Waals surface area contributed by atoms with Crippen molar-refractivity contribution in [2.75, 3.05) is 18.5 Å². The molecule has 0 radical (unpaired) electrons. The van der Waals surface area contributed by atoms with Gasteiger partial charge in [0.15, 0.2) is 0 Å². The molecule has 1 heterocycles. The number of benzene rings is 2. The molecule has 0 saturated heterocycles. The standard InChI is InChI=1S/C19H21BrN2O3S/c1-14(23)22-11-3-4-16-12-18(9-10-19(16)22)26(24,25)21(2)13-15-5-7-17(20)8-6-15/h5-10,12H,3-4,11,13H2,1-2H3. The van der Waals surface area contributed by atoms with Gasteiger partial charge in [-0.05, 0) is 54.3 Å². The van der Waals surface area contributed by atoms with Crippen LogP contribution < -0.4 is 4.90 Å². The Labute approximate surface area is 162 Å². The van der Waals surface area contributed by atoms with Crippen LogP contribution in [0.25, 0.3) is 0 Å². The molecule has 0 unspecified atom stereocenters. The lowest BCUT2D eigenvalue weighted by molar-refractivity contribution is -0.116. The van der Waals surface area contributed by atoms with Crippen molar-refractivity contribution >= 4 is 37.5 Å². The highest BCUT2D eigenvalue weighted by atomic mass is 79.9. The zero-order valence-electron chi connectivity index (χ0n) is 14.8. The topological polar surface area (TPSA) is 57.7 Å². The van der Waals surface area contributed by atoms with Crippen LogP contribution in [0.15, 0.2) is 51.8 Å². The number of aryl methyl sites for hydroxylation is 1. The van der Waals surface area contributed by atoms with Gasteiger partial charge in [-0.2, -0.15) is 4.31 Å². The summed E-state index contributed by atoms with van der Waals surface area (Å²) in [5.74, 6) is -0.0195. The number of carbonyl (C=O) groups excluding carboxylic acids is 1. The van der Waals surface area contributed by atoms with E-state index in [1.165, 1.54) is 11.2 Å². The third-order valence-corrected chi connectivity index (χ3v) is 6.90. The summed E-state index contributed by atoms with van der Waals surface area (Å²) in [5, 5.41) is 0. The summed E-state index contributed by atoms with van der Waals surface area (Å²) < 4.78 is 28.2. The van der Waals surface area contributed by atoms with Gasteiger partial charge in [-0.15, -0.1) is 0 Å². The molecule has 138 valence electrons. The number of anilines is 1. The van der Waals surface area contributed by atoms with Crippen LogP contribution in [0.4, 0.5) is 5.69 Å². The maximum atomic E-state index is 12.9. The molecule has 2 aromatic rings. The van der Waals surface area contributed by atoms with E-state index in [-0.39, 0.29) is 10.8 Å². The lowest BCUT2D eigenvalue weighted by atomic mass is 10.0. The van der Waals surface area contributed by atoms with Crippen LogP contribution in [0.3, 0.4) is 0 Å².